The standard InChI is InChI=1S/C13H17N5O/c1-15-13(19)12-10-11(2-4-16-12)18-8-6-17(5-3-14)7-9-18/h2,4,10H,5-9H2,1H3,(H,15,19). The minimum absolute atomic E-state index is 0.176. The third-order valence-corrected chi connectivity index (χ3v) is 3.23. The Balaban J connectivity index is 2.03. The van der Waals surface area contributed by atoms with Crippen molar-refractivity contribution in [2.45, 2.75) is 0 Å². The van der Waals surface area contributed by atoms with Crippen LogP contribution in [0.2, 0.25) is 0 Å². The van der Waals surface area contributed by atoms with Crippen molar-refractivity contribution >= 4 is 11.6 Å². The number of carbonyl (C=O) groups excluding carboxylic acids is 1. The van der Waals surface area contributed by atoms with Crippen molar-refractivity contribution in [3.63, 3.8) is 0 Å². The zero-order chi connectivity index (χ0) is 13.7. The Morgan fingerprint density at radius 1 is 1.47 bits per heavy atom. The summed E-state index contributed by atoms with van der Waals surface area (Å²) in [5.41, 5.74) is 1.43. The van der Waals surface area contributed by atoms with Gasteiger partial charge in [0.2, 0.25) is 0 Å². The zero-order valence-electron chi connectivity index (χ0n) is 11.0. The van der Waals surface area contributed by atoms with E-state index in [1.165, 1.54) is 0 Å². The van der Waals surface area contributed by atoms with Gasteiger partial charge in [-0.1, -0.05) is 0 Å². The molecule has 0 aromatic carbocycles. The van der Waals surface area contributed by atoms with Crippen molar-refractivity contribution in [1.82, 2.24) is 15.2 Å². The summed E-state index contributed by atoms with van der Waals surface area (Å²) in [5.74, 6) is -0.176. The molecule has 2 rings (SSSR count). The number of aromatic nitrogens is 1. The molecule has 6 heteroatoms. The summed E-state index contributed by atoms with van der Waals surface area (Å²) >= 11 is 0. The highest BCUT2D eigenvalue weighted by molar-refractivity contribution is 5.92. The molecule has 1 saturated heterocycles. The molecule has 0 atom stereocenters. The molecule has 1 aliphatic heterocycles. The van der Waals surface area contributed by atoms with Gasteiger partial charge in [-0.3, -0.25) is 14.7 Å². The first kappa shape index (κ1) is 13.3. The lowest BCUT2D eigenvalue weighted by Crippen LogP contribution is -2.46. The van der Waals surface area contributed by atoms with Gasteiger partial charge >= 0.3 is 0 Å². The van der Waals surface area contributed by atoms with E-state index in [1.54, 1.807) is 19.3 Å². The maximum absolute atomic E-state index is 11.5. The van der Waals surface area contributed by atoms with E-state index in [9.17, 15) is 4.79 Å². The summed E-state index contributed by atoms with van der Waals surface area (Å²) in [6.07, 6.45) is 1.65. The topological polar surface area (TPSA) is 72.3 Å². The maximum Gasteiger partial charge on any atom is 0.269 e. The average molecular weight is 259 g/mol. The highest BCUT2D eigenvalue weighted by Crippen LogP contribution is 2.16. The van der Waals surface area contributed by atoms with E-state index in [1.807, 2.05) is 6.07 Å². The second-order valence-electron chi connectivity index (χ2n) is 4.40. The first-order valence-corrected chi connectivity index (χ1v) is 6.27. The lowest BCUT2D eigenvalue weighted by molar-refractivity contribution is 0.0958. The van der Waals surface area contributed by atoms with Gasteiger partial charge < -0.3 is 10.2 Å². The SMILES string of the molecule is CNC(=O)c1cc(N2CCN(CC#N)CC2)ccn1. The van der Waals surface area contributed by atoms with Crippen LogP contribution in [-0.2, 0) is 0 Å². The molecule has 1 amide bonds. The third kappa shape index (κ3) is 3.20. The van der Waals surface area contributed by atoms with Crippen molar-refractivity contribution < 1.29 is 4.79 Å². The van der Waals surface area contributed by atoms with E-state index >= 15 is 0 Å². The molecule has 1 fully saturated rings. The fourth-order valence-corrected chi connectivity index (χ4v) is 2.13. The van der Waals surface area contributed by atoms with Crippen molar-refractivity contribution in [3.05, 3.63) is 24.0 Å². The van der Waals surface area contributed by atoms with Gasteiger partial charge in [-0.15, -0.1) is 0 Å². The summed E-state index contributed by atoms with van der Waals surface area (Å²) in [6, 6.07) is 5.88. The molecule has 1 aromatic heterocycles. The molecular formula is C13H17N5O. The predicted octanol–water partition coefficient (Wildman–Crippen LogP) is 0.0868. The fraction of sp³-hybridized carbons (Fsp3) is 0.462. The predicted molar refractivity (Wildman–Crippen MR) is 71.9 cm³/mol. The Bertz CT molecular complexity index is 488. The van der Waals surface area contributed by atoms with E-state index < -0.39 is 0 Å². The second kappa shape index (κ2) is 6.16. The van der Waals surface area contributed by atoms with Crippen LogP contribution in [0.4, 0.5) is 5.69 Å². The smallest absolute Gasteiger partial charge is 0.269 e. The number of amides is 1. The highest BCUT2D eigenvalue weighted by atomic mass is 16.1. The van der Waals surface area contributed by atoms with Gasteiger partial charge in [0.05, 0.1) is 12.6 Å². The number of hydrogen-bond donors (Lipinski definition) is 1. The first-order chi connectivity index (χ1) is 9.24. The molecular weight excluding hydrogens is 242 g/mol. The molecule has 2 heterocycles. The van der Waals surface area contributed by atoms with Gasteiger partial charge in [-0.2, -0.15) is 5.26 Å². The second-order valence-corrected chi connectivity index (χ2v) is 4.40. The van der Waals surface area contributed by atoms with Gasteiger partial charge in [0.25, 0.3) is 5.91 Å². The number of carbonyl (C=O) groups is 1. The van der Waals surface area contributed by atoms with Crippen LogP contribution in [0.3, 0.4) is 0 Å². The van der Waals surface area contributed by atoms with Gasteiger partial charge in [0, 0.05) is 45.1 Å². The molecule has 19 heavy (non-hydrogen) atoms. The molecule has 100 valence electrons. The minimum atomic E-state index is -0.176. The molecule has 6 nitrogen and oxygen atoms in total. The zero-order valence-corrected chi connectivity index (χ0v) is 11.0. The van der Waals surface area contributed by atoms with Crippen molar-refractivity contribution in [1.29, 1.82) is 5.26 Å². The average Bonchev–Trinajstić information content (AvgIpc) is 2.48. The van der Waals surface area contributed by atoms with Crippen LogP contribution in [-0.4, -0.2) is 55.6 Å². The number of rotatable bonds is 3. The van der Waals surface area contributed by atoms with Gasteiger partial charge in [0.1, 0.15) is 5.69 Å². The van der Waals surface area contributed by atoms with E-state index in [-0.39, 0.29) is 5.91 Å². The Kier molecular flexibility index (Phi) is 4.31. The Morgan fingerprint density at radius 2 is 2.21 bits per heavy atom. The lowest BCUT2D eigenvalue weighted by atomic mass is 10.2. The number of piperazine rings is 1. The molecule has 1 aromatic rings. The largest absolute Gasteiger partial charge is 0.369 e. The first-order valence-electron chi connectivity index (χ1n) is 6.27. The molecule has 0 aliphatic carbocycles. The molecule has 0 spiro atoms. The summed E-state index contributed by atoms with van der Waals surface area (Å²) in [7, 11) is 1.59. The normalized spacial score (nSPS) is 15.9. The molecule has 0 radical (unpaired) electrons. The van der Waals surface area contributed by atoms with Crippen LogP contribution in [0, 0.1) is 11.3 Å². The molecule has 1 N–H and O–H groups in total. The van der Waals surface area contributed by atoms with E-state index in [4.69, 9.17) is 5.26 Å². The Hall–Kier alpha value is -2.13. The summed E-state index contributed by atoms with van der Waals surface area (Å²) < 4.78 is 0. The van der Waals surface area contributed by atoms with Crippen molar-refractivity contribution in [2.75, 3.05) is 44.7 Å². The third-order valence-electron chi connectivity index (χ3n) is 3.23. The monoisotopic (exact) mass is 259 g/mol. The van der Waals surface area contributed by atoms with Gasteiger partial charge in [0.15, 0.2) is 0 Å². The number of pyridine rings is 1. The molecule has 0 unspecified atom stereocenters. The summed E-state index contributed by atoms with van der Waals surface area (Å²) in [6.45, 7) is 3.93. The summed E-state index contributed by atoms with van der Waals surface area (Å²) in [5, 5.41) is 11.2. The van der Waals surface area contributed by atoms with Crippen molar-refractivity contribution in [2.24, 2.45) is 0 Å². The number of hydrogen-bond acceptors (Lipinski definition) is 5. The number of nitrogens with one attached hydrogen (secondary N) is 1. The Morgan fingerprint density at radius 3 is 2.84 bits per heavy atom. The van der Waals surface area contributed by atoms with Crippen LogP contribution >= 0.6 is 0 Å². The lowest BCUT2D eigenvalue weighted by Gasteiger charge is -2.34. The number of nitrogens with zero attached hydrogens (tertiary/aromatic N) is 4. The van der Waals surface area contributed by atoms with E-state index in [0.717, 1.165) is 31.9 Å². The van der Waals surface area contributed by atoms with Crippen LogP contribution < -0.4 is 10.2 Å². The molecule has 0 bridgehead atoms. The van der Waals surface area contributed by atoms with E-state index in [0.29, 0.717) is 12.2 Å². The quantitative estimate of drug-likeness (QED) is 0.779. The van der Waals surface area contributed by atoms with Gasteiger partial charge in [-0.25, -0.2) is 0 Å². The van der Waals surface area contributed by atoms with Crippen LogP contribution in [0.25, 0.3) is 0 Å². The fourth-order valence-electron chi connectivity index (χ4n) is 2.13. The highest BCUT2D eigenvalue weighted by Gasteiger charge is 2.17. The van der Waals surface area contributed by atoms with Crippen LogP contribution in [0.1, 0.15) is 10.5 Å². The maximum atomic E-state index is 11.5. The molecule has 0 saturated carbocycles. The summed E-state index contributed by atoms with van der Waals surface area (Å²) in [4.78, 5) is 19.9. The van der Waals surface area contributed by atoms with Crippen molar-refractivity contribution in [3.8, 4) is 6.07 Å². The van der Waals surface area contributed by atoms with Gasteiger partial charge in [-0.05, 0) is 12.1 Å². The van der Waals surface area contributed by atoms with E-state index in [2.05, 4.69) is 26.2 Å². The number of anilines is 1. The van der Waals surface area contributed by atoms with Crippen LogP contribution in [0.15, 0.2) is 18.3 Å². The number of nitriles is 1. The minimum Gasteiger partial charge on any atom is -0.369 e. The molecule has 1 aliphatic rings. The Labute approximate surface area is 112 Å². The van der Waals surface area contributed by atoms with Crippen LogP contribution in [0.5, 0.6) is 0 Å².